The van der Waals surface area contributed by atoms with E-state index in [-0.39, 0.29) is 5.75 Å². The SMILES string of the molecule is Oc1ccccc1-c1ccccc1COc1ccccc1. The Morgan fingerprint density at radius 3 is 2.05 bits per heavy atom. The Bertz CT molecular complexity index is 720. The van der Waals surface area contributed by atoms with Gasteiger partial charge in [0, 0.05) is 5.56 Å². The maximum absolute atomic E-state index is 10.0. The monoisotopic (exact) mass is 276 g/mol. The number of ether oxygens (including phenoxy) is 1. The van der Waals surface area contributed by atoms with Crippen molar-refractivity contribution in [3.05, 3.63) is 84.4 Å². The first-order chi connectivity index (χ1) is 10.3. The maximum atomic E-state index is 10.0. The van der Waals surface area contributed by atoms with Crippen molar-refractivity contribution in [1.29, 1.82) is 0 Å². The quantitative estimate of drug-likeness (QED) is 0.752. The van der Waals surface area contributed by atoms with Crippen LogP contribution in [0, 0.1) is 0 Å². The zero-order valence-electron chi connectivity index (χ0n) is 11.6. The summed E-state index contributed by atoms with van der Waals surface area (Å²) in [5.74, 6) is 1.12. The summed E-state index contributed by atoms with van der Waals surface area (Å²) in [6, 6.07) is 25.0. The molecule has 0 aliphatic carbocycles. The van der Waals surface area contributed by atoms with Crippen LogP contribution in [0.3, 0.4) is 0 Å². The summed E-state index contributed by atoms with van der Waals surface area (Å²) >= 11 is 0. The summed E-state index contributed by atoms with van der Waals surface area (Å²) in [5.41, 5.74) is 2.86. The molecule has 2 heteroatoms. The molecular formula is C19H16O2. The van der Waals surface area contributed by atoms with Gasteiger partial charge in [-0.2, -0.15) is 0 Å². The predicted molar refractivity (Wildman–Crippen MR) is 84.3 cm³/mol. The second-order valence-electron chi connectivity index (χ2n) is 4.78. The minimum Gasteiger partial charge on any atom is -0.507 e. The molecule has 0 heterocycles. The molecule has 0 radical (unpaired) electrons. The van der Waals surface area contributed by atoms with Gasteiger partial charge in [-0.05, 0) is 29.3 Å². The van der Waals surface area contributed by atoms with E-state index < -0.39 is 0 Å². The highest BCUT2D eigenvalue weighted by Crippen LogP contribution is 2.31. The number of phenolic OH excluding ortho intramolecular Hbond substituents is 1. The minimum atomic E-state index is 0.282. The molecule has 0 saturated carbocycles. The summed E-state index contributed by atoms with van der Waals surface area (Å²) in [4.78, 5) is 0. The van der Waals surface area contributed by atoms with Crippen molar-refractivity contribution in [3.8, 4) is 22.6 Å². The average molecular weight is 276 g/mol. The molecule has 0 aliphatic heterocycles. The van der Waals surface area contributed by atoms with Crippen molar-refractivity contribution in [1.82, 2.24) is 0 Å². The second kappa shape index (κ2) is 6.14. The molecule has 0 saturated heterocycles. The molecule has 0 bridgehead atoms. The number of hydrogen-bond donors (Lipinski definition) is 1. The summed E-state index contributed by atoms with van der Waals surface area (Å²) in [5, 5.41) is 10.0. The van der Waals surface area contributed by atoms with Gasteiger partial charge in [-0.25, -0.2) is 0 Å². The Balaban J connectivity index is 1.88. The fourth-order valence-corrected chi connectivity index (χ4v) is 2.29. The second-order valence-corrected chi connectivity index (χ2v) is 4.78. The van der Waals surface area contributed by atoms with Crippen molar-refractivity contribution in [3.63, 3.8) is 0 Å². The summed E-state index contributed by atoms with van der Waals surface area (Å²) in [6.07, 6.45) is 0. The normalized spacial score (nSPS) is 10.3. The molecule has 2 nitrogen and oxygen atoms in total. The Kier molecular flexibility index (Phi) is 3.88. The van der Waals surface area contributed by atoms with E-state index in [1.807, 2.05) is 72.8 Å². The molecule has 0 aromatic heterocycles. The highest BCUT2D eigenvalue weighted by atomic mass is 16.5. The zero-order chi connectivity index (χ0) is 14.5. The van der Waals surface area contributed by atoms with Gasteiger partial charge < -0.3 is 9.84 Å². The van der Waals surface area contributed by atoms with Gasteiger partial charge in [0.25, 0.3) is 0 Å². The van der Waals surface area contributed by atoms with Crippen LogP contribution in [-0.4, -0.2) is 5.11 Å². The van der Waals surface area contributed by atoms with Crippen LogP contribution in [0.4, 0.5) is 0 Å². The Hall–Kier alpha value is -2.74. The molecule has 3 aromatic carbocycles. The average Bonchev–Trinajstić information content (AvgIpc) is 2.55. The third kappa shape index (κ3) is 3.06. The number of rotatable bonds is 4. The molecule has 0 spiro atoms. The minimum absolute atomic E-state index is 0.282. The van der Waals surface area contributed by atoms with Gasteiger partial charge in [-0.3, -0.25) is 0 Å². The summed E-state index contributed by atoms with van der Waals surface area (Å²) in [7, 11) is 0. The molecule has 0 aliphatic rings. The van der Waals surface area contributed by atoms with Crippen molar-refractivity contribution in [2.24, 2.45) is 0 Å². The van der Waals surface area contributed by atoms with Crippen LogP contribution < -0.4 is 4.74 Å². The molecule has 0 amide bonds. The number of para-hydroxylation sites is 2. The standard InChI is InChI=1S/C19H16O2/c20-19-13-7-6-12-18(19)17-11-5-4-8-15(17)14-21-16-9-2-1-3-10-16/h1-13,20H,14H2. The topological polar surface area (TPSA) is 29.5 Å². The lowest BCUT2D eigenvalue weighted by Crippen LogP contribution is -1.97. The van der Waals surface area contributed by atoms with Gasteiger partial charge in [0.2, 0.25) is 0 Å². The Morgan fingerprint density at radius 2 is 1.29 bits per heavy atom. The van der Waals surface area contributed by atoms with E-state index in [4.69, 9.17) is 4.74 Å². The summed E-state index contributed by atoms with van der Waals surface area (Å²) in [6.45, 7) is 0.467. The first kappa shape index (κ1) is 13.3. The lowest BCUT2D eigenvalue weighted by atomic mass is 9.99. The van der Waals surface area contributed by atoms with Gasteiger partial charge in [-0.15, -0.1) is 0 Å². The third-order valence-electron chi connectivity index (χ3n) is 3.35. The summed E-state index contributed by atoms with van der Waals surface area (Å²) < 4.78 is 5.81. The van der Waals surface area contributed by atoms with Gasteiger partial charge in [-0.1, -0.05) is 60.7 Å². The lowest BCUT2D eigenvalue weighted by Gasteiger charge is -2.12. The van der Waals surface area contributed by atoms with Gasteiger partial charge in [0.15, 0.2) is 0 Å². The molecule has 3 aromatic rings. The van der Waals surface area contributed by atoms with E-state index in [1.165, 1.54) is 0 Å². The molecule has 0 fully saturated rings. The van der Waals surface area contributed by atoms with Crippen LogP contribution in [0.1, 0.15) is 5.56 Å². The van der Waals surface area contributed by atoms with Crippen LogP contribution in [0.25, 0.3) is 11.1 Å². The Labute approximate surface area is 124 Å². The van der Waals surface area contributed by atoms with E-state index in [9.17, 15) is 5.11 Å². The molecule has 1 N–H and O–H groups in total. The van der Waals surface area contributed by atoms with Crippen molar-refractivity contribution in [2.45, 2.75) is 6.61 Å². The van der Waals surface area contributed by atoms with E-state index >= 15 is 0 Å². The fraction of sp³-hybridized carbons (Fsp3) is 0.0526. The van der Waals surface area contributed by atoms with Gasteiger partial charge >= 0.3 is 0 Å². The van der Waals surface area contributed by atoms with Crippen LogP contribution >= 0.6 is 0 Å². The molecule has 3 rings (SSSR count). The van der Waals surface area contributed by atoms with E-state index in [0.717, 1.165) is 22.4 Å². The highest BCUT2D eigenvalue weighted by molar-refractivity contribution is 5.72. The number of aromatic hydroxyl groups is 1. The first-order valence-electron chi connectivity index (χ1n) is 6.89. The highest BCUT2D eigenvalue weighted by Gasteiger charge is 2.08. The maximum Gasteiger partial charge on any atom is 0.123 e. The molecule has 21 heavy (non-hydrogen) atoms. The van der Waals surface area contributed by atoms with Gasteiger partial charge in [0.1, 0.15) is 18.1 Å². The third-order valence-corrected chi connectivity index (χ3v) is 3.35. The van der Waals surface area contributed by atoms with E-state index in [0.29, 0.717) is 6.61 Å². The predicted octanol–water partition coefficient (Wildman–Crippen LogP) is 4.64. The van der Waals surface area contributed by atoms with Crippen LogP contribution in [-0.2, 0) is 6.61 Å². The van der Waals surface area contributed by atoms with Crippen molar-refractivity contribution >= 4 is 0 Å². The molecule has 104 valence electrons. The zero-order valence-corrected chi connectivity index (χ0v) is 11.6. The largest absolute Gasteiger partial charge is 0.507 e. The van der Waals surface area contributed by atoms with E-state index in [2.05, 4.69) is 0 Å². The van der Waals surface area contributed by atoms with E-state index in [1.54, 1.807) is 6.07 Å². The van der Waals surface area contributed by atoms with Crippen LogP contribution in [0.2, 0.25) is 0 Å². The number of benzene rings is 3. The van der Waals surface area contributed by atoms with Crippen molar-refractivity contribution in [2.75, 3.05) is 0 Å². The first-order valence-corrected chi connectivity index (χ1v) is 6.89. The van der Waals surface area contributed by atoms with Crippen molar-refractivity contribution < 1.29 is 9.84 Å². The molecule has 0 unspecified atom stereocenters. The molecule has 0 atom stereocenters. The molecular weight excluding hydrogens is 260 g/mol. The number of phenols is 1. The van der Waals surface area contributed by atoms with Crippen LogP contribution in [0.15, 0.2) is 78.9 Å². The Morgan fingerprint density at radius 1 is 0.667 bits per heavy atom. The lowest BCUT2D eigenvalue weighted by molar-refractivity contribution is 0.306. The fourth-order valence-electron chi connectivity index (χ4n) is 2.29. The van der Waals surface area contributed by atoms with Crippen LogP contribution in [0.5, 0.6) is 11.5 Å². The smallest absolute Gasteiger partial charge is 0.123 e. The van der Waals surface area contributed by atoms with Gasteiger partial charge in [0.05, 0.1) is 0 Å². The number of hydrogen-bond acceptors (Lipinski definition) is 2.